The van der Waals surface area contributed by atoms with Gasteiger partial charge >= 0.3 is 0 Å². The molecule has 1 fully saturated rings. The van der Waals surface area contributed by atoms with Crippen LogP contribution in [0.25, 0.3) is 11.0 Å². The number of rotatable bonds is 3. The molecule has 4 rings (SSSR count). The third-order valence-corrected chi connectivity index (χ3v) is 5.43. The van der Waals surface area contributed by atoms with E-state index < -0.39 is 0 Å². The van der Waals surface area contributed by atoms with Gasteiger partial charge in [0.05, 0.1) is 17.6 Å². The molecule has 5 heteroatoms. The summed E-state index contributed by atoms with van der Waals surface area (Å²) in [7, 11) is 2.18. The first-order valence-corrected chi connectivity index (χ1v) is 8.56. The Kier molecular flexibility index (Phi) is 3.39. The van der Waals surface area contributed by atoms with E-state index >= 15 is 0 Å². The van der Waals surface area contributed by atoms with Crippen molar-refractivity contribution in [3.63, 3.8) is 0 Å². The Hall–Kier alpha value is -1.85. The van der Waals surface area contributed by atoms with Gasteiger partial charge in [0.15, 0.2) is 0 Å². The van der Waals surface area contributed by atoms with Crippen molar-refractivity contribution in [3.8, 4) is 0 Å². The van der Waals surface area contributed by atoms with Crippen LogP contribution in [0.5, 0.6) is 0 Å². The normalized spacial score (nSPS) is 19.2. The van der Waals surface area contributed by atoms with Crippen LogP contribution in [0.15, 0.2) is 35.7 Å². The van der Waals surface area contributed by atoms with Gasteiger partial charge in [0, 0.05) is 17.3 Å². The molecule has 22 heavy (non-hydrogen) atoms. The number of likely N-dealkylation sites (N-methyl/N-ethyl adjacent to an activating group) is 1. The molecule has 0 spiro atoms. The maximum Gasteiger partial charge on any atom is 0.201 e. The first kappa shape index (κ1) is 13.8. The summed E-state index contributed by atoms with van der Waals surface area (Å²) in [5.41, 5.74) is 9.79. The van der Waals surface area contributed by atoms with Crippen LogP contribution in [0.1, 0.15) is 22.8 Å². The van der Waals surface area contributed by atoms with Crippen molar-refractivity contribution in [2.45, 2.75) is 18.9 Å². The lowest BCUT2D eigenvalue weighted by atomic mass is 9.97. The van der Waals surface area contributed by atoms with E-state index in [0.717, 1.165) is 30.7 Å². The van der Waals surface area contributed by atoms with Crippen LogP contribution in [-0.4, -0.2) is 34.6 Å². The maximum atomic E-state index is 6.21. The molecule has 0 amide bonds. The van der Waals surface area contributed by atoms with Crippen molar-refractivity contribution in [2.75, 3.05) is 25.9 Å². The molecule has 1 aliphatic rings. The number of nitrogen functional groups attached to an aromatic ring is 1. The fourth-order valence-electron chi connectivity index (χ4n) is 3.43. The Morgan fingerprint density at radius 3 is 2.95 bits per heavy atom. The molecule has 1 unspecified atom stereocenters. The highest BCUT2D eigenvalue weighted by Gasteiger charge is 2.24. The first-order valence-electron chi connectivity index (χ1n) is 7.68. The standard InChI is InChI=1S/C17H20N4S/c1-20-8-7-12(10-20)14-5-2-6-15-16(14)19-17(18)21(15)11-13-4-3-9-22-13/h2-6,9,12H,7-8,10-11H2,1H3,(H2,18,19). The SMILES string of the molecule is CN1CCC(c2cccc3c2nc(N)n3Cc2cccs2)C1. The van der Waals surface area contributed by atoms with Crippen molar-refractivity contribution in [3.05, 3.63) is 46.2 Å². The van der Waals surface area contributed by atoms with E-state index in [2.05, 4.69) is 52.2 Å². The molecule has 1 aromatic carbocycles. The van der Waals surface area contributed by atoms with Crippen LogP contribution >= 0.6 is 11.3 Å². The van der Waals surface area contributed by atoms with Crippen LogP contribution in [0.3, 0.4) is 0 Å². The number of fused-ring (bicyclic) bond motifs is 1. The Balaban J connectivity index is 1.78. The second-order valence-corrected chi connectivity index (χ2v) is 7.13. The predicted molar refractivity (Wildman–Crippen MR) is 92.4 cm³/mol. The van der Waals surface area contributed by atoms with Crippen LogP contribution in [-0.2, 0) is 6.54 Å². The van der Waals surface area contributed by atoms with E-state index in [4.69, 9.17) is 10.7 Å². The topological polar surface area (TPSA) is 47.1 Å². The number of hydrogen-bond donors (Lipinski definition) is 1. The third-order valence-electron chi connectivity index (χ3n) is 4.56. The summed E-state index contributed by atoms with van der Waals surface area (Å²) in [5, 5.41) is 2.10. The highest BCUT2D eigenvalue weighted by molar-refractivity contribution is 7.09. The number of aromatic nitrogens is 2. The van der Waals surface area contributed by atoms with Crippen molar-refractivity contribution in [1.82, 2.24) is 14.5 Å². The molecule has 114 valence electrons. The van der Waals surface area contributed by atoms with Crippen molar-refractivity contribution in [2.24, 2.45) is 0 Å². The summed E-state index contributed by atoms with van der Waals surface area (Å²) in [5.74, 6) is 1.18. The Labute approximate surface area is 134 Å². The van der Waals surface area contributed by atoms with Crippen molar-refractivity contribution >= 4 is 28.3 Å². The van der Waals surface area contributed by atoms with Gasteiger partial charge in [0.25, 0.3) is 0 Å². The summed E-state index contributed by atoms with van der Waals surface area (Å²) in [4.78, 5) is 8.38. The fraction of sp³-hybridized carbons (Fsp3) is 0.353. The predicted octanol–water partition coefficient (Wildman–Crippen LogP) is 3.15. The average molecular weight is 312 g/mol. The van der Waals surface area contributed by atoms with Gasteiger partial charge in [-0.1, -0.05) is 18.2 Å². The highest BCUT2D eigenvalue weighted by Crippen LogP contribution is 2.32. The summed E-state index contributed by atoms with van der Waals surface area (Å²) >= 11 is 1.76. The van der Waals surface area contributed by atoms with Gasteiger partial charge < -0.3 is 15.2 Å². The zero-order valence-electron chi connectivity index (χ0n) is 12.7. The lowest BCUT2D eigenvalue weighted by Crippen LogP contribution is -2.13. The van der Waals surface area contributed by atoms with E-state index in [-0.39, 0.29) is 0 Å². The molecule has 1 saturated heterocycles. The Bertz CT molecular complexity index is 790. The minimum atomic E-state index is 0.568. The second kappa shape index (κ2) is 5.41. The zero-order valence-corrected chi connectivity index (χ0v) is 13.5. The molecule has 3 heterocycles. The molecular formula is C17H20N4S. The van der Waals surface area contributed by atoms with Gasteiger partial charge in [0.2, 0.25) is 5.95 Å². The lowest BCUT2D eigenvalue weighted by Gasteiger charge is -2.11. The van der Waals surface area contributed by atoms with Crippen molar-refractivity contribution in [1.29, 1.82) is 0 Å². The number of thiophene rings is 1. The monoisotopic (exact) mass is 312 g/mol. The number of anilines is 1. The molecule has 4 nitrogen and oxygen atoms in total. The minimum Gasteiger partial charge on any atom is -0.369 e. The quantitative estimate of drug-likeness (QED) is 0.808. The molecule has 0 radical (unpaired) electrons. The average Bonchev–Trinajstić information content (AvgIpc) is 3.22. The van der Waals surface area contributed by atoms with E-state index in [1.807, 2.05) is 0 Å². The second-order valence-electron chi connectivity index (χ2n) is 6.10. The number of imidazole rings is 1. The summed E-state index contributed by atoms with van der Waals surface area (Å²) < 4.78 is 2.13. The number of likely N-dealkylation sites (tertiary alicyclic amines) is 1. The summed E-state index contributed by atoms with van der Waals surface area (Å²) in [6.07, 6.45) is 1.20. The Morgan fingerprint density at radius 2 is 2.23 bits per heavy atom. The molecule has 1 atom stereocenters. The largest absolute Gasteiger partial charge is 0.369 e. The van der Waals surface area contributed by atoms with Gasteiger partial charge in [-0.2, -0.15) is 0 Å². The number of para-hydroxylation sites is 1. The molecule has 3 aromatic rings. The molecule has 1 aliphatic heterocycles. The summed E-state index contributed by atoms with van der Waals surface area (Å²) in [6.45, 7) is 3.07. The number of benzene rings is 1. The lowest BCUT2D eigenvalue weighted by molar-refractivity contribution is 0.412. The number of hydrogen-bond acceptors (Lipinski definition) is 4. The van der Waals surface area contributed by atoms with Crippen molar-refractivity contribution < 1.29 is 0 Å². The Morgan fingerprint density at radius 1 is 1.32 bits per heavy atom. The first-order chi connectivity index (χ1) is 10.7. The molecule has 2 N–H and O–H groups in total. The smallest absolute Gasteiger partial charge is 0.201 e. The van der Waals surface area contributed by atoms with Crippen LogP contribution < -0.4 is 5.73 Å². The molecule has 0 saturated carbocycles. The fourth-order valence-corrected chi connectivity index (χ4v) is 4.12. The highest BCUT2D eigenvalue weighted by atomic mass is 32.1. The van der Waals surface area contributed by atoms with E-state index in [0.29, 0.717) is 11.9 Å². The van der Waals surface area contributed by atoms with Crippen LogP contribution in [0, 0.1) is 0 Å². The van der Waals surface area contributed by atoms with Crippen LogP contribution in [0.2, 0.25) is 0 Å². The molecular weight excluding hydrogens is 292 g/mol. The summed E-state index contributed by atoms with van der Waals surface area (Å²) in [6, 6.07) is 10.7. The third kappa shape index (κ3) is 2.30. The van der Waals surface area contributed by atoms with Gasteiger partial charge in [-0.25, -0.2) is 4.98 Å². The minimum absolute atomic E-state index is 0.568. The molecule has 0 aliphatic carbocycles. The maximum absolute atomic E-state index is 6.21. The van der Waals surface area contributed by atoms with Crippen LogP contribution in [0.4, 0.5) is 5.95 Å². The van der Waals surface area contributed by atoms with Gasteiger partial charge in [-0.05, 0) is 43.1 Å². The molecule has 0 bridgehead atoms. The van der Waals surface area contributed by atoms with Gasteiger partial charge in [-0.15, -0.1) is 11.3 Å². The number of nitrogens with zero attached hydrogens (tertiary/aromatic N) is 3. The van der Waals surface area contributed by atoms with E-state index in [1.165, 1.54) is 16.9 Å². The van der Waals surface area contributed by atoms with E-state index in [1.54, 1.807) is 11.3 Å². The molecule has 2 aromatic heterocycles. The van der Waals surface area contributed by atoms with Gasteiger partial charge in [-0.3, -0.25) is 0 Å². The van der Waals surface area contributed by atoms with Gasteiger partial charge in [0.1, 0.15) is 0 Å². The van der Waals surface area contributed by atoms with E-state index in [9.17, 15) is 0 Å². The zero-order chi connectivity index (χ0) is 15.1. The number of nitrogens with two attached hydrogens (primary N) is 1.